The zero-order valence-electron chi connectivity index (χ0n) is 13.3. The molecule has 1 atom stereocenters. The molecule has 0 fully saturated rings. The van der Waals surface area contributed by atoms with E-state index in [-0.39, 0.29) is 20.9 Å². The first kappa shape index (κ1) is 20.2. The SMILES string of the molecule is Cc1c(Br)c(C(F)(F)F)nn1C(C)C(=O)Nc1ccc(Cl)cc1[N+](=O)[O-]. The van der Waals surface area contributed by atoms with Gasteiger partial charge < -0.3 is 5.32 Å². The molecule has 0 spiro atoms. The highest BCUT2D eigenvalue weighted by atomic mass is 79.9. The summed E-state index contributed by atoms with van der Waals surface area (Å²) in [4.78, 5) is 22.7. The van der Waals surface area contributed by atoms with E-state index in [0.29, 0.717) is 0 Å². The van der Waals surface area contributed by atoms with Gasteiger partial charge in [-0.3, -0.25) is 19.6 Å². The molecule has 1 heterocycles. The predicted octanol–water partition coefficient (Wildman–Crippen LogP) is 4.73. The van der Waals surface area contributed by atoms with Crippen molar-refractivity contribution in [3.63, 3.8) is 0 Å². The average molecular weight is 456 g/mol. The standard InChI is InChI=1S/C14H11BrClF3N4O3/c1-6-11(15)12(14(17,18)19)21-22(6)7(2)13(24)20-9-4-3-8(16)5-10(9)23(25)26/h3-5,7H,1-2H3,(H,20,24). The molecule has 7 nitrogen and oxygen atoms in total. The Kier molecular flexibility index (Phi) is 5.61. The zero-order chi connectivity index (χ0) is 19.8. The number of carbonyl (C=O) groups is 1. The van der Waals surface area contributed by atoms with Gasteiger partial charge in [0.1, 0.15) is 11.7 Å². The Morgan fingerprint density at radius 1 is 1.46 bits per heavy atom. The number of rotatable bonds is 4. The number of amides is 1. The van der Waals surface area contributed by atoms with Gasteiger partial charge in [-0.05, 0) is 41.9 Å². The van der Waals surface area contributed by atoms with Gasteiger partial charge in [0.15, 0.2) is 5.69 Å². The summed E-state index contributed by atoms with van der Waals surface area (Å²) in [7, 11) is 0. The Balaban J connectivity index is 2.34. The number of nitrogens with zero attached hydrogens (tertiary/aromatic N) is 3. The number of carbonyl (C=O) groups excluding carboxylic acids is 1. The van der Waals surface area contributed by atoms with Crippen molar-refractivity contribution in [3.05, 3.63) is 49.2 Å². The number of nitrogens with one attached hydrogen (secondary N) is 1. The van der Waals surface area contributed by atoms with Crippen molar-refractivity contribution >= 4 is 44.8 Å². The normalized spacial score (nSPS) is 12.7. The van der Waals surface area contributed by atoms with Gasteiger partial charge in [0.2, 0.25) is 5.91 Å². The van der Waals surface area contributed by atoms with E-state index in [0.717, 1.165) is 10.7 Å². The van der Waals surface area contributed by atoms with Gasteiger partial charge in [0, 0.05) is 11.1 Å². The number of alkyl halides is 3. The lowest BCUT2D eigenvalue weighted by atomic mass is 10.2. The van der Waals surface area contributed by atoms with Crippen LogP contribution >= 0.6 is 27.5 Å². The van der Waals surface area contributed by atoms with E-state index in [1.807, 2.05) is 0 Å². The van der Waals surface area contributed by atoms with Gasteiger partial charge in [0.05, 0.1) is 15.1 Å². The third-order valence-corrected chi connectivity index (χ3v) is 4.69. The van der Waals surface area contributed by atoms with E-state index in [1.54, 1.807) is 0 Å². The van der Waals surface area contributed by atoms with Crippen LogP contribution in [0.3, 0.4) is 0 Å². The number of halogens is 5. The van der Waals surface area contributed by atoms with Gasteiger partial charge in [-0.2, -0.15) is 18.3 Å². The topological polar surface area (TPSA) is 90.1 Å². The van der Waals surface area contributed by atoms with Gasteiger partial charge in [-0.25, -0.2) is 0 Å². The lowest BCUT2D eigenvalue weighted by Crippen LogP contribution is -2.26. The van der Waals surface area contributed by atoms with Crippen LogP contribution < -0.4 is 5.32 Å². The van der Waals surface area contributed by atoms with Crippen molar-refractivity contribution < 1.29 is 22.9 Å². The van der Waals surface area contributed by atoms with Crippen LogP contribution in [0, 0.1) is 17.0 Å². The molecule has 2 aromatic rings. The van der Waals surface area contributed by atoms with E-state index in [9.17, 15) is 28.1 Å². The minimum atomic E-state index is -4.69. The molecule has 0 aliphatic heterocycles. The molecular weight excluding hydrogens is 445 g/mol. The van der Waals surface area contributed by atoms with Crippen molar-refractivity contribution in [2.75, 3.05) is 5.32 Å². The number of anilines is 1. The molecule has 0 saturated carbocycles. The van der Waals surface area contributed by atoms with Gasteiger partial charge in [-0.15, -0.1) is 0 Å². The summed E-state index contributed by atoms with van der Waals surface area (Å²) in [5, 5.41) is 16.9. The summed E-state index contributed by atoms with van der Waals surface area (Å²) in [6.45, 7) is 2.69. The number of hydrogen-bond acceptors (Lipinski definition) is 4. The van der Waals surface area contributed by atoms with Crippen LogP contribution in [0.25, 0.3) is 0 Å². The molecule has 1 aromatic heterocycles. The van der Waals surface area contributed by atoms with Crippen molar-refractivity contribution in [2.45, 2.75) is 26.1 Å². The average Bonchev–Trinajstić information content (AvgIpc) is 2.84. The quantitative estimate of drug-likeness (QED) is 0.533. The molecule has 0 bridgehead atoms. The molecule has 12 heteroatoms. The van der Waals surface area contributed by atoms with E-state index < -0.39 is 34.4 Å². The first-order chi connectivity index (χ1) is 11.9. The molecule has 0 saturated heterocycles. The highest BCUT2D eigenvalue weighted by molar-refractivity contribution is 9.10. The molecule has 26 heavy (non-hydrogen) atoms. The van der Waals surface area contributed by atoms with Gasteiger partial charge in [0.25, 0.3) is 5.69 Å². The fraction of sp³-hybridized carbons (Fsp3) is 0.286. The number of benzene rings is 1. The number of aromatic nitrogens is 2. The third kappa shape index (κ3) is 3.98. The number of hydrogen-bond donors (Lipinski definition) is 1. The minimum Gasteiger partial charge on any atom is -0.319 e. The van der Waals surface area contributed by atoms with Crippen LogP contribution in [0.5, 0.6) is 0 Å². The summed E-state index contributed by atoms with van der Waals surface area (Å²) in [5.41, 5.74) is -1.64. The fourth-order valence-electron chi connectivity index (χ4n) is 2.17. The summed E-state index contributed by atoms with van der Waals surface area (Å²) < 4.78 is 39.4. The largest absolute Gasteiger partial charge is 0.436 e. The Morgan fingerprint density at radius 3 is 2.58 bits per heavy atom. The van der Waals surface area contributed by atoms with Crippen molar-refractivity contribution in [2.24, 2.45) is 0 Å². The van der Waals surface area contributed by atoms with E-state index in [2.05, 4.69) is 26.3 Å². The smallest absolute Gasteiger partial charge is 0.319 e. The highest BCUT2D eigenvalue weighted by Gasteiger charge is 2.39. The summed E-state index contributed by atoms with van der Waals surface area (Å²) >= 11 is 8.52. The molecule has 1 N–H and O–H groups in total. The minimum absolute atomic E-state index is 0.0885. The van der Waals surface area contributed by atoms with E-state index in [1.165, 1.54) is 26.0 Å². The fourth-order valence-corrected chi connectivity index (χ4v) is 2.82. The van der Waals surface area contributed by atoms with Crippen LogP contribution in [-0.2, 0) is 11.0 Å². The van der Waals surface area contributed by atoms with Gasteiger partial charge in [-0.1, -0.05) is 11.6 Å². The maximum atomic E-state index is 12.9. The Morgan fingerprint density at radius 2 is 2.08 bits per heavy atom. The highest BCUT2D eigenvalue weighted by Crippen LogP contribution is 2.36. The molecule has 0 aliphatic carbocycles. The second-order valence-corrected chi connectivity index (χ2v) is 6.50. The first-order valence-electron chi connectivity index (χ1n) is 7.00. The Bertz CT molecular complexity index is 885. The molecule has 1 unspecified atom stereocenters. The molecule has 140 valence electrons. The third-order valence-electron chi connectivity index (χ3n) is 3.51. The van der Waals surface area contributed by atoms with Crippen LogP contribution in [-0.4, -0.2) is 20.6 Å². The predicted molar refractivity (Wildman–Crippen MR) is 91.1 cm³/mol. The maximum Gasteiger partial charge on any atom is 0.436 e. The number of nitro groups is 1. The zero-order valence-corrected chi connectivity index (χ0v) is 15.6. The molecular formula is C14H11BrClF3N4O3. The molecule has 1 aromatic carbocycles. The molecule has 1 amide bonds. The summed E-state index contributed by atoms with van der Waals surface area (Å²) in [6.07, 6.45) is -4.69. The maximum absolute atomic E-state index is 12.9. The monoisotopic (exact) mass is 454 g/mol. The van der Waals surface area contributed by atoms with Crippen molar-refractivity contribution in [1.29, 1.82) is 0 Å². The van der Waals surface area contributed by atoms with Crippen LogP contribution in [0.1, 0.15) is 24.4 Å². The second kappa shape index (κ2) is 7.23. The lowest BCUT2D eigenvalue weighted by molar-refractivity contribution is -0.383. The summed E-state index contributed by atoms with van der Waals surface area (Å²) in [6, 6.07) is 2.47. The first-order valence-corrected chi connectivity index (χ1v) is 8.17. The molecule has 2 rings (SSSR count). The van der Waals surface area contributed by atoms with Gasteiger partial charge >= 0.3 is 6.18 Å². The second-order valence-electron chi connectivity index (χ2n) is 5.27. The lowest BCUT2D eigenvalue weighted by Gasteiger charge is -2.14. The van der Waals surface area contributed by atoms with E-state index >= 15 is 0 Å². The Labute approximate surface area is 158 Å². The number of nitro benzene ring substituents is 1. The molecule has 0 aliphatic rings. The van der Waals surface area contributed by atoms with Crippen LogP contribution in [0.4, 0.5) is 24.5 Å². The van der Waals surface area contributed by atoms with Crippen LogP contribution in [0.2, 0.25) is 5.02 Å². The van der Waals surface area contributed by atoms with E-state index in [4.69, 9.17) is 11.6 Å². The van der Waals surface area contributed by atoms with Crippen molar-refractivity contribution in [3.8, 4) is 0 Å². The van der Waals surface area contributed by atoms with Crippen molar-refractivity contribution in [1.82, 2.24) is 9.78 Å². The molecule has 0 radical (unpaired) electrons. The van der Waals surface area contributed by atoms with Crippen LogP contribution in [0.15, 0.2) is 22.7 Å². The Hall–Kier alpha value is -2.14. The summed E-state index contributed by atoms with van der Waals surface area (Å²) in [5.74, 6) is -0.776.